The van der Waals surface area contributed by atoms with Gasteiger partial charge in [-0.2, -0.15) is 4.31 Å². The molecule has 2 atom stereocenters. The fourth-order valence-electron chi connectivity index (χ4n) is 4.14. The van der Waals surface area contributed by atoms with Gasteiger partial charge in [0.15, 0.2) is 8.32 Å². The maximum absolute atomic E-state index is 13.4. The van der Waals surface area contributed by atoms with E-state index in [0.717, 1.165) is 25.1 Å². The first-order valence-electron chi connectivity index (χ1n) is 11.9. The second kappa shape index (κ2) is 10.8. The maximum atomic E-state index is 13.4. The highest BCUT2D eigenvalue weighted by molar-refractivity contribution is 7.88. The first-order valence-corrected chi connectivity index (χ1v) is 16.8. The summed E-state index contributed by atoms with van der Waals surface area (Å²) in [5.41, 5.74) is 1.68. The van der Waals surface area contributed by atoms with E-state index in [1.54, 1.807) is 31.3 Å². The van der Waals surface area contributed by atoms with Crippen molar-refractivity contribution in [1.82, 2.24) is 9.21 Å². The molecule has 3 rings (SSSR count). The van der Waals surface area contributed by atoms with Gasteiger partial charge in [0.1, 0.15) is 0 Å². The Morgan fingerprint density at radius 2 is 1.82 bits per heavy atom. The van der Waals surface area contributed by atoms with Gasteiger partial charge in [-0.05, 0) is 47.8 Å². The third kappa shape index (κ3) is 6.92. The van der Waals surface area contributed by atoms with Crippen LogP contribution in [0.5, 0.6) is 0 Å². The fraction of sp³-hybridized carbons (Fsp3) is 0.538. The van der Waals surface area contributed by atoms with Gasteiger partial charge < -0.3 is 4.43 Å². The smallest absolute Gasteiger partial charge is 0.218 e. The summed E-state index contributed by atoms with van der Waals surface area (Å²) in [4.78, 5) is 2.35. The fourth-order valence-corrected chi connectivity index (χ4v) is 7.11. The van der Waals surface area contributed by atoms with Crippen LogP contribution in [-0.4, -0.2) is 58.7 Å². The minimum Gasteiger partial charge on any atom is -0.413 e. The molecule has 2 aromatic rings. The molecule has 0 bridgehead atoms. The van der Waals surface area contributed by atoms with Gasteiger partial charge >= 0.3 is 0 Å². The van der Waals surface area contributed by atoms with Crippen LogP contribution >= 0.6 is 11.6 Å². The van der Waals surface area contributed by atoms with Crippen molar-refractivity contribution in [3.05, 3.63) is 70.7 Å². The molecule has 0 N–H and O–H groups in total. The summed E-state index contributed by atoms with van der Waals surface area (Å²) >= 11 is 6.09. The minimum absolute atomic E-state index is 0.0789. The molecule has 0 aromatic heterocycles. The molecule has 0 radical (unpaired) electrons. The summed E-state index contributed by atoms with van der Waals surface area (Å²) < 4.78 is 35.0. The molecule has 5 nitrogen and oxygen atoms in total. The van der Waals surface area contributed by atoms with Crippen LogP contribution in [0.25, 0.3) is 0 Å². The average molecular weight is 523 g/mol. The Kier molecular flexibility index (Phi) is 8.70. The number of sulfonamides is 1. The van der Waals surface area contributed by atoms with E-state index in [0.29, 0.717) is 17.1 Å². The van der Waals surface area contributed by atoms with E-state index < -0.39 is 18.3 Å². The largest absolute Gasteiger partial charge is 0.413 e. The second-order valence-electron chi connectivity index (χ2n) is 10.9. The van der Waals surface area contributed by atoms with Gasteiger partial charge in [0.05, 0.1) is 17.9 Å². The molecule has 0 unspecified atom stereocenters. The molecule has 1 saturated heterocycles. The molecule has 0 spiro atoms. The number of hydrogen-bond acceptors (Lipinski definition) is 4. The highest BCUT2D eigenvalue weighted by Gasteiger charge is 2.41. The zero-order valence-corrected chi connectivity index (χ0v) is 23.9. The van der Waals surface area contributed by atoms with Crippen LogP contribution in [0.3, 0.4) is 0 Å². The van der Waals surface area contributed by atoms with Gasteiger partial charge in [-0.15, -0.1) is 0 Å². The van der Waals surface area contributed by atoms with E-state index in [9.17, 15) is 8.42 Å². The first-order chi connectivity index (χ1) is 15.8. The summed E-state index contributed by atoms with van der Waals surface area (Å²) in [7, 11) is -3.71. The van der Waals surface area contributed by atoms with Crippen molar-refractivity contribution in [2.75, 3.05) is 26.7 Å². The van der Waals surface area contributed by atoms with E-state index in [1.807, 2.05) is 30.3 Å². The van der Waals surface area contributed by atoms with Gasteiger partial charge in [0.2, 0.25) is 10.0 Å². The Morgan fingerprint density at radius 1 is 1.15 bits per heavy atom. The van der Waals surface area contributed by atoms with Crippen molar-refractivity contribution in [2.24, 2.45) is 0 Å². The summed E-state index contributed by atoms with van der Waals surface area (Å²) in [5.74, 6) is -0.0789. The van der Waals surface area contributed by atoms with Gasteiger partial charge in [0.25, 0.3) is 0 Å². The van der Waals surface area contributed by atoms with Crippen LogP contribution in [0.4, 0.5) is 0 Å². The standard InChI is InChI=1S/C26H39ClN2O3SSi/c1-26(2,3)34(5,6)32-24-15-16-29(18-24)19-25(22-12-8-7-9-13-22)28(4)33(30,31)20-21-11-10-14-23(27)17-21/h7-14,17,24-25H,15-16,18-20H2,1-6H3/t24-,25+/m0/s1. The Balaban J connectivity index is 1.76. The summed E-state index contributed by atoms with van der Waals surface area (Å²) in [6.07, 6.45) is 1.18. The van der Waals surface area contributed by atoms with E-state index in [-0.39, 0.29) is 22.9 Å². The lowest BCUT2D eigenvalue weighted by Gasteiger charge is -2.38. The second-order valence-corrected chi connectivity index (χ2v) is 18.1. The monoisotopic (exact) mass is 522 g/mol. The third-order valence-electron chi connectivity index (χ3n) is 7.23. The topological polar surface area (TPSA) is 49.9 Å². The number of nitrogens with zero attached hydrogens (tertiary/aromatic N) is 2. The third-order valence-corrected chi connectivity index (χ3v) is 13.8. The number of likely N-dealkylation sites (tertiary alicyclic amines) is 1. The molecule has 1 fully saturated rings. The van der Waals surface area contributed by atoms with Gasteiger partial charge in [-0.25, -0.2) is 8.42 Å². The predicted molar refractivity (Wildman–Crippen MR) is 144 cm³/mol. The highest BCUT2D eigenvalue weighted by Crippen LogP contribution is 2.38. The van der Waals surface area contributed by atoms with E-state index >= 15 is 0 Å². The summed E-state index contributed by atoms with van der Waals surface area (Å²) in [6.45, 7) is 13.7. The quantitative estimate of drug-likeness (QED) is 0.382. The number of benzene rings is 2. The van der Waals surface area contributed by atoms with Gasteiger partial charge in [0, 0.05) is 31.7 Å². The van der Waals surface area contributed by atoms with Crippen LogP contribution in [0.1, 0.15) is 44.4 Å². The van der Waals surface area contributed by atoms with Crippen molar-refractivity contribution in [3.8, 4) is 0 Å². The Hall–Kier alpha value is -1.22. The number of likely N-dealkylation sites (N-methyl/N-ethyl adjacent to an activating group) is 1. The summed E-state index contributed by atoms with van der Waals surface area (Å²) in [6, 6.07) is 16.7. The van der Waals surface area contributed by atoms with Crippen LogP contribution in [0.2, 0.25) is 23.2 Å². The molecule has 0 aliphatic carbocycles. The molecule has 188 valence electrons. The van der Waals surface area contributed by atoms with Crippen molar-refractivity contribution >= 4 is 29.9 Å². The van der Waals surface area contributed by atoms with Crippen LogP contribution < -0.4 is 0 Å². The SMILES string of the molecule is CN([C@H](CN1CC[C@H](O[Si](C)(C)C(C)(C)C)C1)c1ccccc1)S(=O)(=O)Cc1cccc(Cl)c1. The Labute approximate surface area is 212 Å². The molecular formula is C26H39ClN2O3SSi. The molecule has 0 saturated carbocycles. The maximum Gasteiger partial charge on any atom is 0.218 e. The number of halogens is 1. The van der Waals surface area contributed by atoms with Gasteiger partial charge in [-0.3, -0.25) is 4.90 Å². The minimum atomic E-state index is -3.56. The average Bonchev–Trinajstić information content (AvgIpc) is 3.17. The zero-order valence-electron chi connectivity index (χ0n) is 21.3. The Morgan fingerprint density at radius 3 is 2.44 bits per heavy atom. The molecule has 1 aliphatic rings. The van der Waals surface area contributed by atoms with E-state index in [4.69, 9.17) is 16.0 Å². The molecule has 1 heterocycles. The lowest BCUT2D eigenvalue weighted by Crippen LogP contribution is -2.45. The molecular weight excluding hydrogens is 484 g/mol. The van der Waals surface area contributed by atoms with E-state index in [2.05, 4.69) is 38.8 Å². The summed E-state index contributed by atoms with van der Waals surface area (Å²) in [5, 5.41) is 0.710. The lowest BCUT2D eigenvalue weighted by atomic mass is 10.1. The van der Waals surface area contributed by atoms with Crippen molar-refractivity contribution in [1.29, 1.82) is 0 Å². The lowest BCUT2D eigenvalue weighted by molar-refractivity contribution is 0.171. The molecule has 8 heteroatoms. The van der Waals surface area contributed by atoms with Gasteiger partial charge in [-0.1, -0.05) is 74.8 Å². The predicted octanol–water partition coefficient (Wildman–Crippen LogP) is 5.94. The normalized spacial score (nSPS) is 19.0. The highest BCUT2D eigenvalue weighted by atomic mass is 35.5. The molecule has 1 aliphatic heterocycles. The van der Waals surface area contributed by atoms with Crippen molar-refractivity contribution in [3.63, 3.8) is 0 Å². The molecule has 0 amide bonds. The molecule has 34 heavy (non-hydrogen) atoms. The molecule has 2 aromatic carbocycles. The van der Waals surface area contributed by atoms with Crippen LogP contribution in [-0.2, 0) is 20.2 Å². The van der Waals surface area contributed by atoms with Crippen molar-refractivity contribution in [2.45, 2.75) is 63.2 Å². The Bertz CT molecular complexity index is 1060. The number of rotatable bonds is 9. The van der Waals surface area contributed by atoms with E-state index in [1.165, 1.54) is 4.31 Å². The van der Waals surface area contributed by atoms with Crippen LogP contribution in [0.15, 0.2) is 54.6 Å². The zero-order chi connectivity index (χ0) is 25.1. The van der Waals surface area contributed by atoms with Crippen LogP contribution in [0, 0.1) is 0 Å². The first kappa shape index (κ1) is 27.4. The van der Waals surface area contributed by atoms with Crippen molar-refractivity contribution < 1.29 is 12.8 Å². The number of hydrogen-bond donors (Lipinski definition) is 0.